The van der Waals surface area contributed by atoms with Crippen LogP contribution >= 0.6 is 0 Å². The standard InChI is InChI=1S/C19H20F3NO3/c1-26-13-16(15-10-6-3-7-11-15)23-18(17(24)25,19(20,21)22)12-14-8-4-2-5-9-14/h2-11,16,23H,12-13H2,1H3,(H,24,25)/t16-,18-/m0/s1. The second-order valence-electron chi connectivity index (χ2n) is 5.93. The average molecular weight is 367 g/mol. The number of benzene rings is 2. The normalized spacial score (nSPS) is 15.2. The Bertz CT molecular complexity index is 707. The first-order chi connectivity index (χ1) is 12.3. The predicted molar refractivity (Wildman–Crippen MR) is 90.8 cm³/mol. The number of ether oxygens (including phenoxy) is 1. The Labute approximate surface area is 149 Å². The lowest BCUT2D eigenvalue weighted by molar-refractivity contribution is -0.212. The smallest absolute Gasteiger partial charge is 0.417 e. The zero-order chi connectivity index (χ0) is 19.2. The molecule has 0 radical (unpaired) electrons. The third-order valence-electron chi connectivity index (χ3n) is 4.12. The summed E-state index contributed by atoms with van der Waals surface area (Å²) in [5.74, 6) is -1.98. The van der Waals surface area contributed by atoms with Gasteiger partial charge in [-0.15, -0.1) is 0 Å². The number of carboxylic acid groups (broad SMARTS) is 1. The van der Waals surface area contributed by atoms with Gasteiger partial charge in [-0.25, -0.2) is 4.79 Å². The van der Waals surface area contributed by atoms with E-state index in [1.54, 1.807) is 48.5 Å². The number of halogens is 3. The van der Waals surface area contributed by atoms with Crippen LogP contribution in [0.25, 0.3) is 0 Å². The Morgan fingerprint density at radius 2 is 1.62 bits per heavy atom. The first-order valence-electron chi connectivity index (χ1n) is 7.96. The van der Waals surface area contributed by atoms with Crippen molar-refractivity contribution in [1.29, 1.82) is 0 Å². The molecule has 2 N–H and O–H groups in total. The van der Waals surface area contributed by atoms with Crippen molar-refractivity contribution in [2.45, 2.75) is 24.2 Å². The summed E-state index contributed by atoms with van der Waals surface area (Å²) in [5.41, 5.74) is -2.37. The van der Waals surface area contributed by atoms with Crippen LogP contribution in [0.4, 0.5) is 13.2 Å². The lowest BCUT2D eigenvalue weighted by atomic mass is 9.88. The number of hydrogen-bond donors (Lipinski definition) is 2. The van der Waals surface area contributed by atoms with Gasteiger partial charge < -0.3 is 9.84 Å². The molecule has 4 nitrogen and oxygen atoms in total. The molecule has 0 aliphatic rings. The number of methoxy groups -OCH3 is 1. The van der Waals surface area contributed by atoms with E-state index in [1.165, 1.54) is 19.2 Å². The van der Waals surface area contributed by atoms with E-state index in [1.807, 2.05) is 0 Å². The monoisotopic (exact) mass is 367 g/mol. The molecule has 0 fully saturated rings. The topological polar surface area (TPSA) is 58.6 Å². The van der Waals surface area contributed by atoms with Crippen LogP contribution in [0.3, 0.4) is 0 Å². The molecule has 0 unspecified atom stereocenters. The van der Waals surface area contributed by atoms with Gasteiger partial charge in [-0.05, 0) is 11.1 Å². The van der Waals surface area contributed by atoms with Crippen molar-refractivity contribution in [2.24, 2.45) is 0 Å². The highest BCUT2D eigenvalue weighted by atomic mass is 19.4. The van der Waals surface area contributed by atoms with E-state index in [4.69, 9.17) is 4.74 Å². The minimum atomic E-state index is -5.02. The maximum absolute atomic E-state index is 13.9. The van der Waals surface area contributed by atoms with Gasteiger partial charge in [0.25, 0.3) is 0 Å². The molecule has 0 saturated carbocycles. The summed E-state index contributed by atoms with van der Waals surface area (Å²) >= 11 is 0. The number of nitrogens with one attached hydrogen (secondary N) is 1. The lowest BCUT2D eigenvalue weighted by Crippen LogP contribution is -2.65. The molecule has 26 heavy (non-hydrogen) atoms. The molecule has 0 amide bonds. The van der Waals surface area contributed by atoms with Gasteiger partial charge in [0.05, 0.1) is 12.6 Å². The van der Waals surface area contributed by atoms with Crippen molar-refractivity contribution in [2.75, 3.05) is 13.7 Å². The number of rotatable bonds is 8. The lowest BCUT2D eigenvalue weighted by Gasteiger charge is -2.36. The maximum atomic E-state index is 13.9. The summed E-state index contributed by atoms with van der Waals surface area (Å²) in [6.45, 7) is -0.107. The van der Waals surface area contributed by atoms with E-state index in [2.05, 4.69) is 5.32 Å². The second kappa shape index (κ2) is 8.33. The summed E-state index contributed by atoms with van der Waals surface area (Å²) in [7, 11) is 1.35. The third-order valence-corrected chi connectivity index (χ3v) is 4.12. The molecule has 2 atom stereocenters. The van der Waals surface area contributed by atoms with E-state index >= 15 is 0 Å². The quantitative estimate of drug-likeness (QED) is 0.749. The molecule has 0 bridgehead atoms. The third kappa shape index (κ3) is 4.42. The molecule has 2 rings (SSSR count). The van der Waals surface area contributed by atoms with Gasteiger partial charge in [-0.2, -0.15) is 13.2 Å². The highest BCUT2D eigenvalue weighted by molar-refractivity contribution is 5.80. The molecule has 2 aromatic rings. The molecule has 0 spiro atoms. The molecular formula is C19H20F3NO3. The van der Waals surface area contributed by atoms with Crippen molar-refractivity contribution in [1.82, 2.24) is 5.32 Å². The Morgan fingerprint density at radius 3 is 2.08 bits per heavy atom. The Morgan fingerprint density at radius 1 is 1.08 bits per heavy atom. The fourth-order valence-corrected chi connectivity index (χ4v) is 2.76. The highest BCUT2D eigenvalue weighted by Crippen LogP contribution is 2.36. The van der Waals surface area contributed by atoms with Crippen LogP contribution in [0, 0.1) is 0 Å². The van der Waals surface area contributed by atoms with Crippen LogP contribution in [0.5, 0.6) is 0 Å². The molecule has 0 heterocycles. The molecule has 0 aromatic heterocycles. The number of carbonyl (C=O) groups is 1. The Hall–Kier alpha value is -2.38. The van der Waals surface area contributed by atoms with Crippen LogP contribution in [-0.4, -0.2) is 36.5 Å². The van der Waals surface area contributed by atoms with E-state index in [0.29, 0.717) is 5.56 Å². The molecule has 0 saturated heterocycles. The average Bonchev–Trinajstić information content (AvgIpc) is 2.61. The van der Waals surface area contributed by atoms with Crippen LogP contribution in [0.2, 0.25) is 0 Å². The first-order valence-corrected chi connectivity index (χ1v) is 7.96. The minimum absolute atomic E-state index is 0.107. The summed E-state index contributed by atoms with van der Waals surface area (Å²) in [5, 5.41) is 11.9. The first kappa shape index (κ1) is 19.9. The summed E-state index contributed by atoms with van der Waals surface area (Å²) in [6, 6.07) is 15.1. The SMILES string of the molecule is COC[C@H](N[C@@](Cc1ccccc1)(C(=O)O)C(F)(F)F)c1ccccc1. The van der Waals surface area contributed by atoms with Crippen molar-refractivity contribution in [3.63, 3.8) is 0 Å². The molecule has 0 aliphatic heterocycles. The van der Waals surface area contributed by atoms with Crippen LogP contribution in [0.1, 0.15) is 17.2 Å². The van der Waals surface area contributed by atoms with Gasteiger partial charge in [0.2, 0.25) is 5.54 Å². The molecule has 140 valence electrons. The fourth-order valence-electron chi connectivity index (χ4n) is 2.76. The van der Waals surface area contributed by atoms with Gasteiger partial charge in [-0.1, -0.05) is 60.7 Å². The van der Waals surface area contributed by atoms with E-state index in [-0.39, 0.29) is 12.2 Å². The van der Waals surface area contributed by atoms with Crippen molar-refractivity contribution < 1.29 is 27.8 Å². The number of aliphatic carboxylic acids is 1. The molecule has 2 aromatic carbocycles. The van der Waals surface area contributed by atoms with E-state index in [9.17, 15) is 23.1 Å². The van der Waals surface area contributed by atoms with Crippen molar-refractivity contribution in [3.8, 4) is 0 Å². The summed E-state index contributed by atoms with van der Waals surface area (Å²) in [6.07, 6.45) is -5.75. The largest absolute Gasteiger partial charge is 0.480 e. The van der Waals surface area contributed by atoms with Crippen LogP contribution < -0.4 is 5.32 Å². The number of hydrogen-bond acceptors (Lipinski definition) is 3. The number of alkyl halides is 3. The van der Waals surface area contributed by atoms with Crippen molar-refractivity contribution in [3.05, 3.63) is 71.8 Å². The molecule has 0 aliphatic carbocycles. The predicted octanol–water partition coefficient (Wildman–Crippen LogP) is 3.59. The van der Waals surface area contributed by atoms with Gasteiger partial charge >= 0.3 is 12.1 Å². The van der Waals surface area contributed by atoms with Gasteiger partial charge in [0.15, 0.2) is 0 Å². The van der Waals surface area contributed by atoms with Crippen LogP contribution in [-0.2, 0) is 16.0 Å². The Kier molecular flexibility index (Phi) is 6.39. The zero-order valence-corrected chi connectivity index (χ0v) is 14.2. The maximum Gasteiger partial charge on any atom is 0.417 e. The number of carboxylic acids is 1. The van der Waals surface area contributed by atoms with Gasteiger partial charge in [-0.3, -0.25) is 5.32 Å². The summed E-state index contributed by atoms with van der Waals surface area (Å²) < 4.78 is 46.9. The zero-order valence-electron chi connectivity index (χ0n) is 14.2. The van der Waals surface area contributed by atoms with Gasteiger partial charge in [0, 0.05) is 13.5 Å². The van der Waals surface area contributed by atoms with Crippen molar-refractivity contribution >= 4 is 5.97 Å². The molecular weight excluding hydrogens is 347 g/mol. The second-order valence-corrected chi connectivity index (χ2v) is 5.93. The van der Waals surface area contributed by atoms with E-state index < -0.39 is 30.1 Å². The minimum Gasteiger partial charge on any atom is -0.480 e. The summed E-state index contributed by atoms with van der Waals surface area (Å²) in [4.78, 5) is 11.8. The molecule has 7 heteroatoms. The fraction of sp³-hybridized carbons (Fsp3) is 0.316. The highest BCUT2D eigenvalue weighted by Gasteiger charge is 2.61. The van der Waals surface area contributed by atoms with Gasteiger partial charge in [0.1, 0.15) is 0 Å². The Balaban J connectivity index is 2.46. The van der Waals surface area contributed by atoms with E-state index in [0.717, 1.165) is 0 Å². The van der Waals surface area contributed by atoms with Crippen LogP contribution in [0.15, 0.2) is 60.7 Å².